The molecule has 2 heterocycles. The van der Waals surface area contributed by atoms with Crippen LogP contribution in [0.4, 0.5) is 0 Å². The molecule has 1 amide bonds. The molecule has 1 fully saturated rings. The van der Waals surface area contributed by atoms with E-state index in [-0.39, 0.29) is 30.4 Å². The predicted molar refractivity (Wildman–Crippen MR) is 115 cm³/mol. The maximum atomic E-state index is 13.1. The average Bonchev–Trinajstić information content (AvgIpc) is 2.96. The molecule has 0 saturated carbocycles. The van der Waals surface area contributed by atoms with Crippen LogP contribution in [-0.2, 0) is 28.6 Å². The summed E-state index contributed by atoms with van der Waals surface area (Å²) in [4.78, 5) is 29.2. The van der Waals surface area contributed by atoms with E-state index in [1.54, 1.807) is 4.68 Å². The van der Waals surface area contributed by atoms with Gasteiger partial charge in [0, 0.05) is 38.6 Å². The first-order valence-corrected chi connectivity index (χ1v) is 10.5. The fourth-order valence-electron chi connectivity index (χ4n) is 3.49. The second-order valence-electron chi connectivity index (χ2n) is 8.86. The van der Waals surface area contributed by atoms with Crippen molar-refractivity contribution in [3.8, 4) is 0 Å². The quantitative estimate of drug-likeness (QED) is 0.706. The van der Waals surface area contributed by atoms with Crippen molar-refractivity contribution < 1.29 is 14.3 Å². The summed E-state index contributed by atoms with van der Waals surface area (Å²) >= 11 is 0. The number of carbonyl (C=O) groups is 2. The van der Waals surface area contributed by atoms with Crippen LogP contribution < -0.4 is 0 Å². The molecule has 0 radical (unpaired) electrons. The number of aryl methyl sites for hydroxylation is 1. The highest BCUT2D eigenvalue weighted by Gasteiger charge is 2.26. The van der Waals surface area contributed by atoms with Gasteiger partial charge in [0.25, 0.3) is 5.91 Å². The molecule has 162 valence electrons. The Kier molecular flexibility index (Phi) is 6.92. The number of amides is 1. The molecule has 0 N–H and O–H groups in total. The third-order valence-electron chi connectivity index (χ3n) is 5.34. The van der Waals surface area contributed by atoms with E-state index >= 15 is 0 Å². The molecule has 7 nitrogen and oxygen atoms in total. The molecule has 2 aromatic rings. The van der Waals surface area contributed by atoms with Gasteiger partial charge in [-0.1, -0.05) is 51.1 Å². The standard InChI is InChI=1S/C23H32N4O3/c1-23(2,3)20-15-19(25(4)24-20)22(29)27-12-8-11-26(13-14-27)16-21(28)30-17-18-9-6-5-7-10-18/h5-7,9-10,15H,8,11-14,16-17H2,1-4H3. The molecule has 3 rings (SSSR count). The molecule has 0 spiro atoms. The molecular formula is C23H32N4O3. The molecule has 1 aromatic heterocycles. The van der Waals surface area contributed by atoms with E-state index in [9.17, 15) is 9.59 Å². The molecule has 1 aromatic carbocycles. The van der Waals surface area contributed by atoms with E-state index in [0.29, 0.717) is 25.3 Å². The van der Waals surface area contributed by atoms with Crippen molar-refractivity contribution in [1.82, 2.24) is 19.6 Å². The number of carbonyl (C=O) groups excluding carboxylic acids is 2. The number of hydrogen-bond acceptors (Lipinski definition) is 5. The SMILES string of the molecule is Cn1nc(C(C)(C)C)cc1C(=O)N1CCCN(CC(=O)OCc2ccccc2)CC1. The number of rotatable bonds is 5. The van der Waals surface area contributed by atoms with Crippen LogP contribution in [0.5, 0.6) is 0 Å². The lowest BCUT2D eigenvalue weighted by Crippen LogP contribution is -2.37. The molecule has 7 heteroatoms. The lowest BCUT2D eigenvalue weighted by Gasteiger charge is -2.21. The zero-order valence-corrected chi connectivity index (χ0v) is 18.4. The Hall–Kier alpha value is -2.67. The van der Waals surface area contributed by atoms with E-state index in [1.165, 1.54) is 0 Å². The van der Waals surface area contributed by atoms with Crippen molar-refractivity contribution in [1.29, 1.82) is 0 Å². The number of benzene rings is 1. The highest BCUT2D eigenvalue weighted by molar-refractivity contribution is 5.92. The Morgan fingerprint density at radius 1 is 1.07 bits per heavy atom. The molecule has 30 heavy (non-hydrogen) atoms. The summed E-state index contributed by atoms with van der Waals surface area (Å²) in [5.41, 5.74) is 2.39. The van der Waals surface area contributed by atoms with Crippen molar-refractivity contribution in [3.05, 3.63) is 53.3 Å². The highest BCUT2D eigenvalue weighted by atomic mass is 16.5. The van der Waals surface area contributed by atoms with E-state index in [4.69, 9.17) is 4.74 Å². The van der Waals surface area contributed by atoms with Crippen LogP contribution in [0.15, 0.2) is 36.4 Å². The van der Waals surface area contributed by atoms with Crippen LogP contribution in [0, 0.1) is 0 Å². The number of aromatic nitrogens is 2. The van der Waals surface area contributed by atoms with Gasteiger partial charge in [0.2, 0.25) is 0 Å². The molecule has 0 aliphatic carbocycles. The lowest BCUT2D eigenvalue weighted by atomic mass is 9.92. The Labute approximate surface area is 178 Å². The number of esters is 1. The summed E-state index contributed by atoms with van der Waals surface area (Å²) in [6, 6.07) is 11.6. The third kappa shape index (κ3) is 5.69. The van der Waals surface area contributed by atoms with E-state index in [0.717, 1.165) is 24.2 Å². The van der Waals surface area contributed by atoms with Crippen LogP contribution >= 0.6 is 0 Å². The summed E-state index contributed by atoms with van der Waals surface area (Å²) in [6.45, 7) is 9.46. The van der Waals surface area contributed by atoms with Gasteiger partial charge in [-0.25, -0.2) is 0 Å². The number of ether oxygens (including phenoxy) is 1. The molecular weight excluding hydrogens is 380 g/mol. The normalized spacial score (nSPS) is 15.7. The number of nitrogens with zero attached hydrogens (tertiary/aromatic N) is 4. The lowest BCUT2D eigenvalue weighted by molar-refractivity contribution is -0.146. The van der Waals surface area contributed by atoms with Gasteiger partial charge in [-0.15, -0.1) is 0 Å². The minimum Gasteiger partial charge on any atom is -0.460 e. The van der Waals surface area contributed by atoms with Crippen LogP contribution in [0.25, 0.3) is 0 Å². The zero-order chi connectivity index (χ0) is 21.7. The number of hydrogen-bond donors (Lipinski definition) is 0. The third-order valence-corrected chi connectivity index (χ3v) is 5.34. The van der Waals surface area contributed by atoms with Gasteiger partial charge in [-0.05, 0) is 18.1 Å². The summed E-state index contributed by atoms with van der Waals surface area (Å²) in [5.74, 6) is -0.242. The van der Waals surface area contributed by atoms with Crippen LogP contribution in [0.3, 0.4) is 0 Å². The van der Waals surface area contributed by atoms with E-state index in [2.05, 4.69) is 30.8 Å². The summed E-state index contributed by atoms with van der Waals surface area (Å²) in [6.07, 6.45) is 0.821. The van der Waals surface area contributed by atoms with Crippen molar-refractivity contribution in [2.45, 2.75) is 39.2 Å². The summed E-state index contributed by atoms with van der Waals surface area (Å²) in [5, 5.41) is 4.52. The van der Waals surface area contributed by atoms with Crippen molar-refractivity contribution >= 4 is 11.9 Å². The second-order valence-corrected chi connectivity index (χ2v) is 8.86. The predicted octanol–water partition coefficient (Wildman–Crippen LogP) is 2.61. The van der Waals surface area contributed by atoms with Gasteiger partial charge < -0.3 is 9.64 Å². The second kappa shape index (κ2) is 9.43. The minimum absolute atomic E-state index is 0.00555. The maximum Gasteiger partial charge on any atom is 0.320 e. The first-order chi connectivity index (χ1) is 14.2. The first-order valence-electron chi connectivity index (χ1n) is 10.5. The molecule has 0 atom stereocenters. The summed E-state index contributed by atoms with van der Waals surface area (Å²) < 4.78 is 7.07. The van der Waals surface area contributed by atoms with Gasteiger partial charge in [-0.3, -0.25) is 19.2 Å². The Bertz CT molecular complexity index is 870. The highest BCUT2D eigenvalue weighted by Crippen LogP contribution is 2.22. The monoisotopic (exact) mass is 412 g/mol. The van der Waals surface area contributed by atoms with E-state index < -0.39 is 0 Å². The van der Waals surface area contributed by atoms with Gasteiger partial charge in [-0.2, -0.15) is 5.10 Å². The largest absolute Gasteiger partial charge is 0.460 e. The van der Waals surface area contributed by atoms with Crippen molar-refractivity contribution in [2.24, 2.45) is 7.05 Å². The van der Waals surface area contributed by atoms with Gasteiger partial charge in [0.15, 0.2) is 0 Å². The van der Waals surface area contributed by atoms with Crippen LogP contribution in [0.1, 0.15) is 48.9 Å². The Morgan fingerprint density at radius 3 is 2.47 bits per heavy atom. The molecule has 0 unspecified atom stereocenters. The van der Waals surface area contributed by atoms with E-state index in [1.807, 2.05) is 48.3 Å². The Balaban J connectivity index is 1.52. The van der Waals surface area contributed by atoms with Gasteiger partial charge in [0.05, 0.1) is 12.2 Å². The minimum atomic E-state index is -0.236. The van der Waals surface area contributed by atoms with Gasteiger partial charge in [0.1, 0.15) is 12.3 Å². The molecule has 1 saturated heterocycles. The molecule has 1 aliphatic heterocycles. The first kappa shape index (κ1) is 22.0. The van der Waals surface area contributed by atoms with Crippen molar-refractivity contribution in [3.63, 3.8) is 0 Å². The fourth-order valence-corrected chi connectivity index (χ4v) is 3.49. The molecule has 0 bridgehead atoms. The summed E-state index contributed by atoms with van der Waals surface area (Å²) in [7, 11) is 1.81. The van der Waals surface area contributed by atoms with Crippen LogP contribution in [0.2, 0.25) is 0 Å². The fraction of sp³-hybridized carbons (Fsp3) is 0.522. The smallest absolute Gasteiger partial charge is 0.320 e. The topological polar surface area (TPSA) is 67.7 Å². The maximum absolute atomic E-state index is 13.1. The van der Waals surface area contributed by atoms with Crippen molar-refractivity contribution in [2.75, 3.05) is 32.7 Å². The average molecular weight is 413 g/mol. The van der Waals surface area contributed by atoms with Crippen LogP contribution in [-0.4, -0.2) is 64.2 Å². The van der Waals surface area contributed by atoms with Gasteiger partial charge >= 0.3 is 5.97 Å². The Morgan fingerprint density at radius 2 is 1.80 bits per heavy atom. The molecule has 1 aliphatic rings. The zero-order valence-electron chi connectivity index (χ0n) is 18.4.